The summed E-state index contributed by atoms with van der Waals surface area (Å²) in [5.41, 5.74) is 2.09. The largest absolute Gasteiger partial charge is 0.370 e. The second kappa shape index (κ2) is 4.30. The molecule has 77 valence electrons. The smallest absolute Gasteiger partial charge is 0.115 e. The van der Waals surface area contributed by atoms with Crippen LogP contribution in [-0.2, 0) is 0 Å². The van der Waals surface area contributed by atoms with Crippen LogP contribution in [0.3, 0.4) is 0 Å². The molecule has 2 heteroatoms. The van der Waals surface area contributed by atoms with Crippen molar-refractivity contribution in [3.8, 4) is 0 Å². The van der Waals surface area contributed by atoms with Crippen LogP contribution in [0.15, 0.2) is 30.3 Å². The van der Waals surface area contributed by atoms with E-state index in [0.717, 1.165) is 24.3 Å². The lowest BCUT2D eigenvalue weighted by molar-refractivity contribution is 0.863. The third-order valence-electron chi connectivity index (χ3n) is 2.62. The van der Waals surface area contributed by atoms with Crippen LogP contribution < -0.4 is 4.90 Å². The number of hydrogen-bond acceptors (Lipinski definition) is 2. The van der Waals surface area contributed by atoms with Gasteiger partial charge in [0.2, 0.25) is 0 Å². The molecule has 0 N–H and O–H groups in total. The van der Waals surface area contributed by atoms with E-state index in [-0.39, 0.29) is 0 Å². The number of rotatable bonds is 3. The number of aromatic nitrogens is 1. The summed E-state index contributed by atoms with van der Waals surface area (Å²) >= 11 is 0. The van der Waals surface area contributed by atoms with E-state index < -0.39 is 0 Å². The predicted molar refractivity (Wildman–Crippen MR) is 64.1 cm³/mol. The molecule has 2 aromatic rings. The fourth-order valence-corrected chi connectivity index (χ4v) is 1.73. The minimum Gasteiger partial charge on any atom is -0.370 e. The molecule has 0 unspecified atom stereocenters. The van der Waals surface area contributed by atoms with Gasteiger partial charge >= 0.3 is 0 Å². The van der Waals surface area contributed by atoms with Crippen molar-refractivity contribution >= 4 is 16.6 Å². The van der Waals surface area contributed by atoms with E-state index in [1.54, 1.807) is 0 Å². The van der Waals surface area contributed by atoms with Crippen molar-refractivity contribution in [1.82, 2.24) is 4.98 Å². The Hall–Kier alpha value is -1.57. The molecule has 0 saturated carbocycles. The van der Waals surface area contributed by atoms with Crippen molar-refractivity contribution in [2.24, 2.45) is 0 Å². The predicted octanol–water partition coefficient (Wildman–Crippen LogP) is 2.88. The topological polar surface area (TPSA) is 16.1 Å². The number of para-hydroxylation sites is 1. The Balaban J connectivity index is 2.46. The Kier molecular flexibility index (Phi) is 2.86. The van der Waals surface area contributed by atoms with Gasteiger partial charge in [0.25, 0.3) is 0 Å². The van der Waals surface area contributed by atoms with Gasteiger partial charge in [-0.15, -0.1) is 0 Å². The summed E-state index contributed by atoms with van der Waals surface area (Å²) in [6.45, 7) is 6.28. The molecule has 1 radical (unpaired) electrons. The van der Waals surface area contributed by atoms with Gasteiger partial charge in [-0.3, -0.25) is 0 Å². The van der Waals surface area contributed by atoms with E-state index in [4.69, 9.17) is 0 Å². The van der Waals surface area contributed by atoms with Crippen LogP contribution in [-0.4, -0.2) is 18.1 Å². The summed E-state index contributed by atoms with van der Waals surface area (Å²) in [4.78, 5) is 6.58. The summed E-state index contributed by atoms with van der Waals surface area (Å²) in [6, 6.07) is 10.3. The maximum Gasteiger partial charge on any atom is 0.115 e. The summed E-state index contributed by atoms with van der Waals surface area (Å²) in [7, 11) is 0. The second-order valence-corrected chi connectivity index (χ2v) is 3.48. The fraction of sp³-hybridized carbons (Fsp3) is 0.308. The van der Waals surface area contributed by atoms with Gasteiger partial charge in [0.05, 0.1) is 11.2 Å². The molecule has 0 spiro atoms. The highest BCUT2D eigenvalue weighted by molar-refractivity contribution is 5.81. The second-order valence-electron chi connectivity index (χ2n) is 3.48. The molecule has 0 fully saturated rings. The van der Waals surface area contributed by atoms with E-state index in [1.807, 2.05) is 18.2 Å². The lowest BCUT2D eigenvalue weighted by atomic mass is 10.2. The molecule has 0 bridgehead atoms. The molecule has 2 nitrogen and oxygen atoms in total. The summed E-state index contributed by atoms with van der Waals surface area (Å²) in [5, 5.41) is 1.18. The molecule has 15 heavy (non-hydrogen) atoms. The fourth-order valence-electron chi connectivity index (χ4n) is 1.73. The number of anilines is 1. The van der Waals surface area contributed by atoms with Crippen LogP contribution in [0.5, 0.6) is 0 Å². The van der Waals surface area contributed by atoms with Gasteiger partial charge in [-0.25, -0.2) is 4.98 Å². The SMILES string of the molecule is CCN(CC)c1[c]nc2ccccc2c1. The van der Waals surface area contributed by atoms with E-state index in [1.165, 1.54) is 5.39 Å². The standard InChI is InChI=1S/C13H15N2/c1-3-15(4-2)12-9-11-7-5-6-8-13(11)14-10-12/h5-9H,3-4H2,1-2H3. The van der Waals surface area contributed by atoms with Crippen LogP contribution in [0.25, 0.3) is 10.9 Å². The highest BCUT2D eigenvalue weighted by Crippen LogP contribution is 2.18. The van der Waals surface area contributed by atoms with Crippen molar-refractivity contribution in [2.45, 2.75) is 13.8 Å². The molecule has 0 atom stereocenters. The average molecular weight is 199 g/mol. The summed E-state index contributed by atoms with van der Waals surface area (Å²) < 4.78 is 0. The van der Waals surface area contributed by atoms with Crippen LogP contribution >= 0.6 is 0 Å². The first-order chi connectivity index (χ1) is 7.35. The van der Waals surface area contributed by atoms with Gasteiger partial charge in [0, 0.05) is 18.5 Å². The quantitative estimate of drug-likeness (QED) is 0.755. The first kappa shape index (κ1) is 9.97. The van der Waals surface area contributed by atoms with Crippen LogP contribution in [0, 0.1) is 6.20 Å². The van der Waals surface area contributed by atoms with Crippen molar-refractivity contribution in [3.05, 3.63) is 36.5 Å². The number of hydrogen-bond donors (Lipinski definition) is 0. The molecule has 0 aliphatic rings. The Morgan fingerprint density at radius 2 is 1.93 bits per heavy atom. The molecule has 1 heterocycles. The van der Waals surface area contributed by atoms with Gasteiger partial charge in [-0.2, -0.15) is 0 Å². The van der Waals surface area contributed by atoms with Gasteiger partial charge in [0.15, 0.2) is 0 Å². The molecule has 1 aromatic carbocycles. The molecule has 0 amide bonds. The normalized spacial score (nSPS) is 10.5. The highest BCUT2D eigenvalue weighted by Gasteiger charge is 2.03. The van der Waals surface area contributed by atoms with Crippen LogP contribution in [0.2, 0.25) is 0 Å². The van der Waals surface area contributed by atoms with Crippen molar-refractivity contribution in [3.63, 3.8) is 0 Å². The lowest BCUT2D eigenvalue weighted by Gasteiger charge is -2.20. The van der Waals surface area contributed by atoms with Gasteiger partial charge in [-0.1, -0.05) is 18.2 Å². The van der Waals surface area contributed by atoms with E-state index in [2.05, 4.69) is 42.1 Å². The minimum atomic E-state index is 0.993. The average Bonchev–Trinajstić information content (AvgIpc) is 2.30. The zero-order valence-electron chi connectivity index (χ0n) is 9.20. The zero-order valence-corrected chi connectivity index (χ0v) is 9.20. The summed E-state index contributed by atoms with van der Waals surface area (Å²) in [6.07, 6.45) is 3.09. The minimum absolute atomic E-state index is 0.993. The maximum atomic E-state index is 4.33. The molecule has 2 rings (SSSR count). The van der Waals surface area contributed by atoms with Crippen molar-refractivity contribution < 1.29 is 0 Å². The Morgan fingerprint density at radius 3 is 2.67 bits per heavy atom. The Bertz CT molecular complexity index is 447. The number of pyridine rings is 1. The first-order valence-electron chi connectivity index (χ1n) is 5.37. The Morgan fingerprint density at radius 1 is 1.20 bits per heavy atom. The number of nitrogens with zero attached hydrogens (tertiary/aromatic N) is 2. The zero-order chi connectivity index (χ0) is 10.7. The van der Waals surface area contributed by atoms with Gasteiger partial charge < -0.3 is 4.90 Å². The van der Waals surface area contributed by atoms with Gasteiger partial charge in [0.1, 0.15) is 6.20 Å². The number of fused-ring (bicyclic) bond motifs is 1. The van der Waals surface area contributed by atoms with Crippen LogP contribution in [0.1, 0.15) is 13.8 Å². The molecular weight excluding hydrogens is 184 g/mol. The summed E-state index contributed by atoms with van der Waals surface area (Å²) in [5.74, 6) is 0. The third-order valence-corrected chi connectivity index (χ3v) is 2.62. The molecule has 0 aliphatic carbocycles. The molecular formula is C13H15N2. The monoisotopic (exact) mass is 199 g/mol. The third kappa shape index (κ3) is 1.94. The van der Waals surface area contributed by atoms with E-state index >= 15 is 0 Å². The highest BCUT2D eigenvalue weighted by atomic mass is 15.1. The first-order valence-corrected chi connectivity index (χ1v) is 5.37. The lowest BCUT2D eigenvalue weighted by Crippen LogP contribution is -2.21. The maximum absolute atomic E-state index is 4.33. The molecule has 0 saturated heterocycles. The van der Waals surface area contributed by atoms with Crippen molar-refractivity contribution in [2.75, 3.05) is 18.0 Å². The number of benzene rings is 1. The van der Waals surface area contributed by atoms with E-state index in [9.17, 15) is 0 Å². The Labute approximate surface area is 90.6 Å². The van der Waals surface area contributed by atoms with Crippen molar-refractivity contribution in [1.29, 1.82) is 0 Å². The van der Waals surface area contributed by atoms with Gasteiger partial charge in [-0.05, 0) is 26.0 Å². The molecule has 1 aromatic heterocycles. The van der Waals surface area contributed by atoms with Crippen LogP contribution in [0.4, 0.5) is 5.69 Å². The van der Waals surface area contributed by atoms with E-state index in [0.29, 0.717) is 0 Å². The molecule has 0 aliphatic heterocycles.